The molecule has 3 amide bonds. The van der Waals surface area contributed by atoms with Crippen LogP contribution in [0, 0.1) is 24.7 Å². The molecule has 0 radical (unpaired) electrons. The zero-order valence-corrected chi connectivity index (χ0v) is 19.9. The number of esters is 1. The van der Waals surface area contributed by atoms with Crippen LogP contribution >= 0.6 is 0 Å². The lowest BCUT2D eigenvalue weighted by atomic mass is 9.85. The number of hydrogen-bond donors (Lipinski definition) is 0. The number of carbonyl (C=O) groups excluding carboxylic acids is 4. The molecule has 2 aromatic carbocycles. The molecule has 0 spiro atoms. The molecule has 7 nitrogen and oxygen atoms in total. The summed E-state index contributed by atoms with van der Waals surface area (Å²) in [6.45, 7) is 4.13. The Balaban J connectivity index is 1.27. The van der Waals surface area contributed by atoms with Gasteiger partial charge in [0.25, 0.3) is 0 Å². The van der Waals surface area contributed by atoms with E-state index in [1.165, 1.54) is 10.5 Å². The van der Waals surface area contributed by atoms with Gasteiger partial charge in [-0.15, -0.1) is 0 Å². The highest BCUT2D eigenvalue weighted by molar-refractivity contribution is 6.22. The number of allylic oxidation sites excluding steroid dienone is 2. The highest BCUT2D eigenvalue weighted by Crippen LogP contribution is 2.39. The number of anilines is 2. The molecule has 2 heterocycles. The van der Waals surface area contributed by atoms with E-state index in [-0.39, 0.29) is 42.5 Å². The topological polar surface area (TPSA) is 84.0 Å². The molecule has 0 N–H and O–H groups in total. The molecule has 2 aliphatic heterocycles. The van der Waals surface area contributed by atoms with Crippen molar-refractivity contribution in [2.75, 3.05) is 16.3 Å². The third kappa shape index (κ3) is 4.16. The number of fused-ring (bicyclic) bond motifs is 1. The molecule has 0 aromatic heterocycles. The minimum Gasteiger partial charge on any atom is -0.426 e. The summed E-state index contributed by atoms with van der Waals surface area (Å²) in [5.41, 5.74) is 3.15. The van der Waals surface area contributed by atoms with Gasteiger partial charge in [0.05, 0.1) is 23.4 Å². The Morgan fingerprint density at radius 2 is 1.63 bits per heavy atom. The van der Waals surface area contributed by atoms with E-state index in [2.05, 4.69) is 6.92 Å². The lowest BCUT2D eigenvalue weighted by Gasteiger charge is -2.19. The predicted molar refractivity (Wildman–Crippen MR) is 131 cm³/mol. The summed E-state index contributed by atoms with van der Waals surface area (Å²) in [5, 5.41) is 0. The molecular weight excluding hydrogens is 444 g/mol. The molecule has 0 saturated carbocycles. The number of carbonyl (C=O) groups is 4. The van der Waals surface area contributed by atoms with Crippen molar-refractivity contribution in [2.45, 2.75) is 39.5 Å². The van der Waals surface area contributed by atoms with Gasteiger partial charge >= 0.3 is 5.97 Å². The van der Waals surface area contributed by atoms with Gasteiger partial charge in [-0.2, -0.15) is 0 Å². The van der Waals surface area contributed by atoms with Gasteiger partial charge in [0, 0.05) is 18.7 Å². The van der Waals surface area contributed by atoms with E-state index >= 15 is 0 Å². The SMILES string of the molecule is CCc1ccc(N2C[C@H](C(=O)Oc3ccc(N4C(=O)[C@@H]5CC=CC[C@H]5C4=O)c(C)c3)CC2=O)cc1. The Hall–Kier alpha value is -3.74. The van der Waals surface area contributed by atoms with Gasteiger partial charge < -0.3 is 9.64 Å². The van der Waals surface area contributed by atoms with Gasteiger partial charge in [0.1, 0.15) is 5.75 Å². The smallest absolute Gasteiger partial charge is 0.316 e. The summed E-state index contributed by atoms with van der Waals surface area (Å²) in [6, 6.07) is 12.7. The molecule has 35 heavy (non-hydrogen) atoms. The summed E-state index contributed by atoms with van der Waals surface area (Å²) in [6.07, 6.45) is 6.10. The monoisotopic (exact) mass is 472 g/mol. The number of amides is 3. The summed E-state index contributed by atoms with van der Waals surface area (Å²) in [5.74, 6) is -1.76. The normalized spacial score (nSPS) is 23.7. The molecule has 2 saturated heterocycles. The van der Waals surface area contributed by atoms with Crippen LogP contribution in [0.15, 0.2) is 54.6 Å². The molecular formula is C28H28N2O5. The number of aryl methyl sites for hydroxylation is 2. The average molecular weight is 473 g/mol. The number of benzene rings is 2. The maximum Gasteiger partial charge on any atom is 0.316 e. The zero-order valence-electron chi connectivity index (χ0n) is 19.9. The van der Waals surface area contributed by atoms with Crippen molar-refractivity contribution in [1.29, 1.82) is 0 Å². The Morgan fingerprint density at radius 1 is 0.971 bits per heavy atom. The largest absolute Gasteiger partial charge is 0.426 e. The van der Waals surface area contributed by atoms with E-state index in [1.807, 2.05) is 36.4 Å². The van der Waals surface area contributed by atoms with Crippen LogP contribution in [0.3, 0.4) is 0 Å². The fraction of sp³-hybridized carbons (Fsp3) is 0.357. The third-order valence-corrected chi connectivity index (χ3v) is 7.25. The molecule has 3 atom stereocenters. The van der Waals surface area contributed by atoms with Crippen molar-refractivity contribution in [1.82, 2.24) is 0 Å². The van der Waals surface area contributed by atoms with Crippen molar-refractivity contribution in [3.8, 4) is 5.75 Å². The minimum atomic E-state index is -0.564. The fourth-order valence-electron chi connectivity index (χ4n) is 5.21. The minimum absolute atomic E-state index is 0.0963. The van der Waals surface area contributed by atoms with Crippen molar-refractivity contribution in [3.05, 3.63) is 65.7 Å². The molecule has 7 heteroatoms. The first-order chi connectivity index (χ1) is 16.9. The van der Waals surface area contributed by atoms with Crippen molar-refractivity contribution < 1.29 is 23.9 Å². The first-order valence-electron chi connectivity index (χ1n) is 12.1. The molecule has 5 rings (SSSR count). The van der Waals surface area contributed by atoms with Crippen LogP contribution in [0.1, 0.15) is 37.3 Å². The number of imide groups is 1. The quantitative estimate of drug-likeness (QED) is 0.285. The second-order valence-electron chi connectivity index (χ2n) is 9.46. The summed E-state index contributed by atoms with van der Waals surface area (Å²) in [4.78, 5) is 54.1. The second-order valence-corrected chi connectivity index (χ2v) is 9.46. The van der Waals surface area contributed by atoms with Crippen LogP contribution in [0.5, 0.6) is 5.75 Å². The van der Waals surface area contributed by atoms with E-state index in [4.69, 9.17) is 4.74 Å². The molecule has 0 unspecified atom stereocenters. The van der Waals surface area contributed by atoms with Crippen LogP contribution in [0.4, 0.5) is 11.4 Å². The molecule has 1 aliphatic carbocycles. The fourth-order valence-corrected chi connectivity index (χ4v) is 5.21. The van der Waals surface area contributed by atoms with E-state index in [0.29, 0.717) is 29.8 Å². The summed E-state index contributed by atoms with van der Waals surface area (Å²) < 4.78 is 5.60. The predicted octanol–water partition coefficient (Wildman–Crippen LogP) is 3.97. The molecule has 0 bridgehead atoms. The first kappa shape index (κ1) is 23.0. The van der Waals surface area contributed by atoms with Crippen LogP contribution in [0.2, 0.25) is 0 Å². The van der Waals surface area contributed by atoms with Gasteiger partial charge in [-0.05, 0) is 67.6 Å². The highest BCUT2D eigenvalue weighted by Gasteiger charge is 2.48. The van der Waals surface area contributed by atoms with Crippen LogP contribution in [-0.2, 0) is 25.6 Å². The Kier molecular flexibility index (Phi) is 6.01. The summed E-state index contributed by atoms with van der Waals surface area (Å²) in [7, 11) is 0. The van der Waals surface area contributed by atoms with Crippen molar-refractivity contribution >= 4 is 35.1 Å². The zero-order chi connectivity index (χ0) is 24.7. The van der Waals surface area contributed by atoms with Crippen molar-refractivity contribution in [3.63, 3.8) is 0 Å². The number of ether oxygens (including phenoxy) is 1. The molecule has 180 valence electrons. The number of rotatable bonds is 5. The van der Waals surface area contributed by atoms with E-state index < -0.39 is 11.9 Å². The highest BCUT2D eigenvalue weighted by atomic mass is 16.5. The van der Waals surface area contributed by atoms with E-state index in [1.54, 1.807) is 30.0 Å². The van der Waals surface area contributed by atoms with Gasteiger partial charge in [-0.25, -0.2) is 4.90 Å². The van der Waals surface area contributed by atoms with Crippen LogP contribution < -0.4 is 14.5 Å². The van der Waals surface area contributed by atoms with Crippen LogP contribution in [-0.4, -0.2) is 30.2 Å². The van der Waals surface area contributed by atoms with Crippen molar-refractivity contribution in [2.24, 2.45) is 17.8 Å². The van der Waals surface area contributed by atoms with Gasteiger partial charge in [0.15, 0.2) is 0 Å². The molecule has 3 aliphatic rings. The molecule has 2 fully saturated rings. The standard InChI is InChI=1S/C28H28N2O5/c1-3-18-8-10-20(11-9-18)29-16-19(15-25(29)31)28(34)35-21-12-13-24(17(2)14-21)30-26(32)22-6-4-5-7-23(22)27(30)33/h4-5,8-14,19,22-23H,3,6-7,15-16H2,1-2H3/t19-,22-,23-/m1/s1. The Morgan fingerprint density at radius 3 is 2.23 bits per heavy atom. The van der Waals surface area contributed by atoms with Gasteiger partial charge in [-0.1, -0.05) is 31.2 Å². The number of hydrogen-bond acceptors (Lipinski definition) is 5. The first-order valence-corrected chi connectivity index (χ1v) is 12.1. The third-order valence-electron chi connectivity index (χ3n) is 7.25. The van der Waals surface area contributed by atoms with Crippen LogP contribution in [0.25, 0.3) is 0 Å². The maximum atomic E-state index is 12.9. The van der Waals surface area contributed by atoms with E-state index in [0.717, 1.165) is 12.1 Å². The average Bonchev–Trinajstić information content (AvgIpc) is 3.37. The Labute approximate surface area is 204 Å². The second kappa shape index (κ2) is 9.13. The lowest BCUT2D eigenvalue weighted by Crippen LogP contribution is -2.31. The van der Waals surface area contributed by atoms with E-state index in [9.17, 15) is 19.2 Å². The summed E-state index contributed by atoms with van der Waals surface area (Å²) >= 11 is 0. The molecule has 2 aromatic rings. The van der Waals surface area contributed by atoms with Gasteiger partial charge in [-0.3, -0.25) is 19.2 Å². The number of nitrogens with zero attached hydrogens (tertiary/aromatic N) is 2. The maximum absolute atomic E-state index is 12.9. The lowest BCUT2D eigenvalue weighted by molar-refractivity contribution is -0.139. The Bertz CT molecular complexity index is 1210. The van der Waals surface area contributed by atoms with Gasteiger partial charge in [0.2, 0.25) is 17.7 Å².